The number of rotatable bonds is 0. The van der Waals surface area contributed by atoms with Gasteiger partial charge >= 0.3 is 62.5 Å². The fourth-order valence-corrected chi connectivity index (χ4v) is 2.89. The van der Waals surface area contributed by atoms with E-state index in [9.17, 15) is 9.59 Å². The second kappa shape index (κ2) is 1.55. The average molecular weight is 319 g/mol. The molecule has 1 aromatic carbocycles. The summed E-state index contributed by atoms with van der Waals surface area (Å²) in [5, 5.41) is 0. The summed E-state index contributed by atoms with van der Waals surface area (Å²) in [7, 11) is 0. The van der Waals surface area contributed by atoms with Gasteiger partial charge in [0.1, 0.15) is 0 Å². The quantitative estimate of drug-likeness (QED) is 0.435. The summed E-state index contributed by atoms with van der Waals surface area (Å²) < 4.78 is 9.63. The zero-order chi connectivity index (χ0) is 6.43. The summed E-state index contributed by atoms with van der Waals surface area (Å²) >= 11 is -1.50. The van der Waals surface area contributed by atoms with Gasteiger partial charge in [-0.05, 0) is 0 Å². The van der Waals surface area contributed by atoms with Crippen LogP contribution in [0.2, 0.25) is 0 Å². The van der Waals surface area contributed by atoms with E-state index in [1.165, 1.54) is 0 Å². The van der Waals surface area contributed by atoms with Crippen molar-refractivity contribution >= 4 is 25.1 Å². The molecule has 1 aliphatic rings. The van der Waals surface area contributed by atoms with E-state index in [2.05, 4.69) is 0 Å². The average Bonchev–Trinajstić information content (AvgIpc) is 2.30. The van der Waals surface area contributed by atoms with Crippen LogP contribution in [0.5, 0.6) is 11.5 Å². The Morgan fingerprint density at radius 2 is 1.44 bits per heavy atom. The minimum absolute atomic E-state index is 0.184. The van der Waals surface area contributed by atoms with Gasteiger partial charge in [-0.2, -0.15) is 0 Å². The Morgan fingerprint density at radius 1 is 1.00 bits per heavy atom. The number of hydrogen-bond acceptors (Lipinski definition) is 4. The van der Waals surface area contributed by atoms with E-state index in [1.54, 1.807) is 0 Å². The molecule has 0 aromatic heterocycles. The fraction of sp³-hybridized carbons (Fsp3) is 0. The predicted octanol–water partition coefficient (Wildman–Crippen LogP) is -1.41. The van der Waals surface area contributed by atoms with Crippen molar-refractivity contribution < 1.29 is 5.37 Å². The van der Waals surface area contributed by atoms with Crippen LogP contribution in [0.1, 0.15) is 0 Å². The van der Waals surface area contributed by atoms with Crippen molar-refractivity contribution in [2.45, 2.75) is 0 Å². The molecule has 0 atom stereocenters. The Bertz CT molecular complexity index is 289. The van der Waals surface area contributed by atoms with E-state index >= 15 is 0 Å². The first-order valence-electron chi connectivity index (χ1n) is 2.22. The molecule has 0 aliphatic carbocycles. The van der Waals surface area contributed by atoms with Gasteiger partial charge in [0.15, 0.2) is 0 Å². The van der Waals surface area contributed by atoms with Gasteiger partial charge < -0.3 is 0 Å². The van der Waals surface area contributed by atoms with Crippen LogP contribution in [0.4, 0.5) is 0 Å². The maximum absolute atomic E-state index is 10.5. The van der Waals surface area contributed by atoms with Gasteiger partial charge in [0.2, 0.25) is 0 Å². The van der Waals surface area contributed by atoms with Crippen LogP contribution in [-0.2, 0) is 0 Å². The predicted molar refractivity (Wildman–Crippen MR) is 28.4 cm³/mol. The van der Waals surface area contributed by atoms with Crippen molar-refractivity contribution in [3.8, 4) is 11.5 Å². The van der Waals surface area contributed by atoms with E-state index in [0.717, 1.165) is 0 Å². The molecule has 0 saturated carbocycles. The van der Waals surface area contributed by atoms with Crippen molar-refractivity contribution in [3.63, 3.8) is 0 Å². The molecular formula is C4O4Pb. The maximum atomic E-state index is 10.5. The van der Waals surface area contributed by atoms with Crippen molar-refractivity contribution in [1.82, 2.24) is 0 Å². The van der Waals surface area contributed by atoms with Crippen molar-refractivity contribution in [3.05, 3.63) is 20.4 Å². The Kier molecular flexibility index (Phi) is 0.931. The summed E-state index contributed by atoms with van der Waals surface area (Å²) in [6, 6.07) is 0. The van der Waals surface area contributed by atoms with Gasteiger partial charge in [-0.25, -0.2) is 0 Å². The van der Waals surface area contributed by atoms with Crippen LogP contribution in [-0.4, -0.2) is 25.1 Å². The van der Waals surface area contributed by atoms with E-state index in [-0.39, 0.29) is 11.5 Å². The molecule has 0 amide bonds. The zero-order valence-electron chi connectivity index (χ0n) is 4.13. The first-order valence-corrected chi connectivity index (χ1v) is 5.40. The van der Waals surface area contributed by atoms with Crippen LogP contribution >= 0.6 is 0 Å². The molecule has 5 heteroatoms. The first-order chi connectivity index (χ1) is 4.30. The molecule has 0 saturated heterocycles. The standard InChI is InChI=1S/C4H2O4.Pb/c5-1-2(6)4(8)3(1)7;/h5-6H;/q;+2/p-2. The van der Waals surface area contributed by atoms with Gasteiger partial charge in [-0.15, -0.1) is 0 Å². The van der Waals surface area contributed by atoms with Gasteiger partial charge in [-0.3, -0.25) is 0 Å². The van der Waals surface area contributed by atoms with E-state index in [0.29, 0.717) is 0 Å². The minimum atomic E-state index is -1.50. The third-order valence-corrected chi connectivity index (χ3v) is 3.35. The van der Waals surface area contributed by atoms with Crippen LogP contribution in [0.15, 0.2) is 9.59 Å². The monoisotopic (exact) mass is 320 g/mol. The molecule has 2 radical (unpaired) electrons. The number of fused-ring (bicyclic) bond motifs is 1. The third-order valence-electron chi connectivity index (χ3n) is 1.11. The first kappa shape index (κ1) is 5.39. The van der Waals surface area contributed by atoms with Crippen LogP contribution in [0, 0.1) is 0 Å². The molecule has 0 unspecified atom stereocenters. The molecule has 0 bridgehead atoms. The Hall–Kier alpha value is -0.398. The number of hydrogen-bond donors (Lipinski definition) is 0. The van der Waals surface area contributed by atoms with Crippen molar-refractivity contribution in [2.24, 2.45) is 0 Å². The zero-order valence-corrected chi connectivity index (χ0v) is 8.02. The molecule has 44 valence electrons. The van der Waals surface area contributed by atoms with E-state index < -0.39 is 36.0 Å². The van der Waals surface area contributed by atoms with Crippen molar-refractivity contribution in [1.29, 1.82) is 0 Å². The summed E-state index contributed by atoms with van der Waals surface area (Å²) in [6.07, 6.45) is 0. The summed E-state index contributed by atoms with van der Waals surface area (Å²) in [6.45, 7) is 0. The molecule has 0 N–H and O–H groups in total. The molecule has 1 heterocycles. The van der Waals surface area contributed by atoms with Gasteiger partial charge in [0.25, 0.3) is 0 Å². The SMILES string of the molecule is O=c1c2c(c1=O)[O][Pb][O]2. The topological polar surface area (TPSA) is 52.6 Å². The summed E-state index contributed by atoms with van der Waals surface area (Å²) in [5.41, 5.74) is -1.04. The molecule has 0 spiro atoms. The van der Waals surface area contributed by atoms with Gasteiger partial charge in [0.05, 0.1) is 0 Å². The van der Waals surface area contributed by atoms with Crippen molar-refractivity contribution in [2.75, 3.05) is 0 Å². The molecular weight excluding hydrogens is 319 g/mol. The van der Waals surface area contributed by atoms with Gasteiger partial charge in [0, 0.05) is 0 Å². The summed E-state index contributed by atoms with van der Waals surface area (Å²) in [4.78, 5) is 20.9. The second-order valence-corrected chi connectivity index (χ2v) is 3.84. The molecule has 1 aromatic rings. The fourth-order valence-electron chi connectivity index (χ4n) is 0.640. The molecule has 1 aliphatic heterocycles. The summed E-state index contributed by atoms with van der Waals surface area (Å²) in [5.74, 6) is 0.367. The second-order valence-electron chi connectivity index (χ2n) is 1.60. The molecule has 2 rings (SSSR count). The Balaban J connectivity index is 2.73. The normalized spacial score (nSPS) is 14.7. The van der Waals surface area contributed by atoms with Crippen LogP contribution in [0.25, 0.3) is 0 Å². The van der Waals surface area contributed by atoms with Crippen LogP contribution in [0.3, 0.4) is 0 Å². The molecule has 4 nitrogen and oxygen atoms in total. The van der Waals surface area contributed by atoms with Gasteiger partial charge in [-0.1, -0.05) is 0 Å². The van der Waals surface area contributed by atoms with Crippen LogP contribution < -0.4 is 16.2 Å². The Labute approximate surface area is 62.6 Å². The molecule has 0 fully saturated rings. The Morgan fingerprint density at radius 3 is 1.89 bits per heavy atom. The molecule has 9 heavy (non-hydrogen) atoms. The van der Waals surface area contributed by atoms with E-state index in [4.69, 9.17) is 5.37 Å². The third kappa shape index (κ3) is 0.511. The van der Waals surface area contributed by atoms with E-state index in [1.807, 2.05) is 0 Å².